The van der Waals surface area contributed by atoms with Crippen LogP contribution in [-0.2, 0) is 6.54 Å². The first kappa shape index (κ1) is 16.6. The Morgan fingerprint density at radius 3 is 2.79 bits per heavy atom. The van der Waals surface area contributed by atoms with Crippen LogP contribution in [0.5, 0.6) is 0 Å². The first-order valence-corrected chi connectivity index (χ1v) is 8.66. The zero-order valence-electron chi connectivity index (χ0n) is 14.7. The number of urea groups is 1. The monoisotopic (exact) mass is 326 g/mol. The van der Waals surface area contributed by atoms with Crippen LogP contribution in [0.25, 0.3) is 0 Å². The van der Waals surface area contributed by atoms with Crippen LogP contribution in [0, 0.1) is 6.92 Å². The van der Waals surface area contributed by atoms with Gasteiger partial charge in [0, 0.05) is 43.5 Å². The Kier molecular flexibility index (Phi) is 4.88. The van der Waals surface area contributed by atoms with E-state index in [4.69, 9.17) is 0 Å². The van der Waals surface area contributed by atoms with E-state index < -0.39 is 0 Å². The summed E-state index contributed by atoms with van der Waals surface area (Å²) in [4.78, 5) is 18.8. The number of nitrogens with one attached hydrogen (secondary N) is 1. The maximum atomic E-state index is 12.2. The van der Waals surface area contributed by atoms with E-state index in [9.17, 15) is 4.79 Å². The molecule has 1 aliphatic heterocycles. The highest BCUT2D eigenvalue weighted by atomic mass is 16.2. The van der Waals surface area contributed by atoms with E-state index in [1.165, 1.54) is 11.3 Å². The molecule has 0 radical (unpaired) electrons. The van der Waals surface area contributed by atoms with Gasteiger partial charge in [-0.05, 0) is 32.8 Å². The zero-order valence-corrected chi connectivity index (χ0v) is 14.7. The van der Waals surface area contributed by atoms with E-state index in [-0.39, 0.29) is 12.1 Å². The summed E-state index contributed by atoms with van der Waals surface area (Å²) >= 11 is 0. The molecule has 1 N–H and O–H groups in total. The number of hydrogen-bond acceptors (Lipinski definition) is 2. The number of carbonyl (C=O) groups excluding carboxylic acids is 1. The molecule has 0 saturated carbocycles. The van der Waals surface area contributed by atoms with Crippen molar-refractivity contribution in [2.45, 2.75) is 45.7 Å². The lowest BCUT2D eigenvalue weighted by Crippen LogP contribution is -2.41. The summed E-state index contributed by atoms with van der Waals surface area (Å²) in [5.41, 5.74) is 2.44. The summed E-state index contributed by atoms with van der Waals surface area (Å²) in [6, 6.07) is 10.6. The lowest BCUT2D eigenvalue weighted by atomic mass is 10.1. The van der Waals surface area contributed by atoms with Crippen molar-refractivity contribution in [1.82, 2.24) is 19.8 Å². The summed E-state index contributed by atoms with van der Waals surface area (Å²) in [6.07, 6.45) is 2.91. The second-order valence-corrected chi connectivity index (χ2v) is 6.87. The number of aromatic nitrogens is 2. The Bertz CT molecular complexity index is 693. The molecule has 3 rings (SSSR count). The second kappa shape index (κ2) is 7.07. The Balaban J connectivity index is 1.73. The summed E-state index contributed by atoms with van der Waals surface area (Å²) in [6.45, 7) is 8.43. The van der Waals surface area contributed by atoms with E-state index in [1.807, 2.05) is 31.0 Å². The quantitative estimate of drug-likeness (QED) is 0.938. The van der Waals surface area contributed by atoms with Crippen LogP contribution in [0.2, 0.25) is 0 Å². The third kappa shape index (κ3) is 3.61. The minimum Gasteiger partial charge on any atom is -0.336 e. The molecule has 1 unspecified atom stereocenters. The highest BCUT2D eigenvalue weighted by molar-refractivity contribution is 5.74. The van der Waals surface area contributed by atoms with E-state index in [2.05, 4.69) is 46.1 Å². The Labute approximate surface area is 143 Å². The van der Waals surface area contributed by atoms with Gasteiger partial charge in [0.1, 0.15) is 5.82 Å². The SMILES string of the molecule is Cc1cnc(C2CCN(C(=O)NC(C)C)C2)n1Cc1ccccc1. The molecule has 24 heavy (non-hydrogen) atoms. The van der Waals surface area contributed by atoms with Crippen molar-refractivity contribution in [3.05, 3.63) is 53.6 Å². The lowest BCUT2D eigenvalue weighted by molar-refractivity contribution is 0.205. The van der Waals surface area contributed by atoms with Gasteiger partial charge in [-0.25, -0.2) is 9.78 Å². The van der Waals surface area contributed by atoms with Gasteiger partial charge in [0.25, 0.3) is 0 Å². The molecule has 1 aromatic heterocycles. The highest BCUT2D eigenvalue weighted by Gasteiger charge is 2.30. The smallest absolute Gasteiger partial charge is 0.317 e. The Hall–Kier alpha value is -2.30. The van der Waals surface area contributed by atoms with Gasteiger partial charge in [0.05, 0.1) is 0 Å². The average molecular weight is 326 g/mol. The van der Waals surface area contributed by atoms with Crippen LogP contribution >= 0.6 is 0 Å². The van der Waals surface area contributed by atoms with Crippen LogP contribution < -0.4 is 5.32 Å². The molecule has 2 heterocycles. The second-order valence-electron chi connectivity index (χ2n) is 6.87. The van der Waals surface area contributed by atoms with Crippen LogP contribution in [0.4, 0.5) is 4.79 Å². The van der Waals surface area contributed by atoms with Crippen molar-refractivity contribution in [3.8, 4) is 0 Å². The molecular formula is C19H26N4O. The highest BCUT2D eigenvalue weighted by Crippen LogP contribution is 2.27. The normalized spacial score (nSPS) is 17.5. The molecule has 2 amide bonds. The minimum absolute atomic E-state index is 0.0328. The van der Waals surface area contributed by atoms with Gasteiger partial charge in [-0.1, -0.05) is 30.3 Å². The maximum Gasteiger partial charge on any atom is 0.317 e. The summed E-state index contributed by atoms with van der Waals surface area (Å²) in [7, 11) is 0. The van der Waals surface area contributed by atoms with E-state index in [0.29, 0.717) is 5.92 Å². The maximum absolute atomic E-state index is 12.2. The number of amides is 2. The predicted octanol–water partition coefficient (Wildman–Crippen LogP) is 3.15. The van der Waals surface area contributed by atoms with Gasteiger partial charge >= 0.3 is 6.03 Å². The fourth-order valence-corrected chi connectivity index (χ4v) is 3.27. The lowest BCUT2D eigenvalue weighted by Gasteiger charge is -2.19. The van der Waals surface area contributed by atoms with Gasteiger partial charge in [0.2, 0.25) is 0 Å². The van der Waals surface area contributed by atoms with Gasteiger partial charge < -0.3 is 14.8 Å². The third-order valence-corrected chi connectivity index (χ3v) is 4.52. The number of benzene rings is 1. The standard InChI is InChI=1S/C19H26N4O/c1-14(2)21-19(24)22-10-9-17(13-22)18-20-11-15(3)23(18)12-16-7-5-4-6-8-16/h4-8,11,14,17H,9-10,12-13H2,1-3H3,(H,21,24). The molecule has 128 valence electrons. The average Bonchev–Trinajstić information content (AvgIpc) is 3.16. The first-order chi connectivity index (χ1) is 11.5. The molecule has 5 nitrogen and oxygen atoms in total. The number of hydrogen-bond donors (Lipinski definition) is 1. The van der Waals surface area contributed by atoms with Gasteiger partial charge in [-0.2, -0.15) is 0 Å². The molecule has 1 atom stereocenters. The number of aryl methyl sites for hydroxylation is 1. The molecule has 1 saturated heterocycles. The summed E-state index contributed by atoms with van der Waals surface area (Å²) in [5.74, 6) is 1.40. The summed E-state index contributed by atoms with van der Waals surface area (Å²) < 4.78 is 2.28. The van der Waals surface area contributed by atoms with Crippen molar-refractivity contribution >= 4 is 6.03 Å². The topological polar surface area (TPSA) is 50.2 Å². The number of nitrogens with zero attached hydrogens (tertiary/aromatic N) is 3. The zero-order chi connectivity index (χ0) is 17.1. The van der Waals surface area contributed by atoms with E-state index in [0.717, 1.165) is 31.9 Å². The van der Waals surface area contributed by atoms with Crippen LogP contribution in [0.15, 0.2) is 36.5 Å². The minimum atomic E-state index is 0.0328. The molecule has 1 fully saturated rings. The number of imidazole rings is 1. The molecular weight excluding hydrogens is 300 g/mol. The largest absolute Gasteiger partial charge is 0.336 e. The van der Waals surface area contributed by atoms with Crippen molar-refractivity contribution in [2.24, 2.45) is 0 Å². The molecule has 0 aliphatic carbocycles. The number of carbonyl (C=O) groups is 1. The van der Waals surface area contributed by atoms with Crippen molar-refractivity contribution in [3.63, 3.8) is 0 Å². The van der Waals surface area contributed by atoms with Crippen LogP contribution in [-0.4, -0.2) is 39.6 Å². The van der Waals surface area contributed by atoms with Gasteiger partial charge in [0.15, 0.2) is 0 Å². The molecule has 0 bridgehead atoms. The van der Waals surface area contributed by atoms with Crippen LogP contribution in [0.1, 0.15) is 43.3 Å². The molecule has 1 aliphatic rings. The fraction of sp³-hybridized carbons (Fsp3) is 0.474. The molecule has 0 spiro atoms. The Morgan fingerprint density at radius 2 is 2.08 bits per heavy atom. The number of rotatable bonds is 4. The van der Waals surface area contributed by atoms with Crippen molar-refractivity contribution in [1.29, 1.82) is 0 Å². The van der Waals surface area contributed by atoms with E-state index in [1.54, 1.807) is 0 Å². The molecule has 5 heteroatoms. The fourth-order valence-electron chi connectivity index (χ4n) is 3.27. The first-order valence-electron chi connectivity index (χ1n) is 8.66. The Morgan fingerprint density at radius 1 is 1.33 bits per heavy atom. The third-order valence-electron chi connectivity index (χ3n) is 4.52. The number of likely N-dealkylation sites (tertiary alicyclic amines) is 1. The molecule has 2 aromatic rings. The van der Waals surface area contributed by atoms with Crippen molar-refractivity contribution < 1.29 is 4.79 Å². The molecule has 1 aromatic carbocycles. The van der Waals surface area contributed by atoms with E-state index >= 15 is 0 Å². The summed E-state index contributed by atoms with van der Waals surface area (Å²) in [5, 5.41) is 2.98. The van der Waals surface area contributed by atoms with Crippen molar-refractivity contribution in [2.75, 3.05) is 13.1 Å². The van der Waals surface area contributed by atoms with Gasteiger partial charge in [-0.3, -0.25) is 0 Å². The van der Waals surface area contributed by atoms with Crippen LogP contribution in [0.3, 0.4) is 0 Å². The predicted molar refractivity (Wildman–Crippen MR) is 95.1 cm³/mol. The van der Waals surface area contributed by atoms with Gasteiger partial charge in [-0.15, -0.1) is 0 Å².